The molecule has 4 rings (SSSR count). The van der Waals surface area contributed by atoms with Gasteiger partial charge in [0.15, 0.2) is 0 Å². The van der Waals surface area contributed by atoms with Gasteiger partial charge in [-0.3, -0.25) is 10.3 Å². The molecule has 1 saturated heterocycles. The summed E-state index contributed by atoms with van der Waals surface area (Å²) in [5, 5.41) is 7.40. The van der Waals surface area contributed by atoms with Crippen LogP contribution in [0.5, 0.6) is 0 Å². The summed E-state index contributed by atoms with van der Waals surface area (Å²) in [6.07, 6.45) is 8.41. The van der Waals surface area contributed by atoms with Crippen LogP contribution in [-0.2, 0) is 6.54 Å². The van der Waals surface area contributed by atoms with Crippen LogP contribution in [-0.4, -0.2) is 38.3 Å². The minimum absolute atomic E-state index is 0.00372. The molecule has 3 heterocycles. The van der Waals surface area contributed by atoms with Crippen molar-refractivity contribution in [3.63, 3.8) is 0 Å². The SMILES string of the molecule is C[C@@H]1CN(C(=O)Nc2ccnn2Cc2ccccn2)[C@@H]2CCCC[C@H]12. The van der Waals surface area contributed by atoms with Gasteiger partial charge in [0, 0.05) is 24.8 Å². The fraction of sp³-hybridized carbons (Fsp3) is 0.526. The van der Waals surface area contributed by atoms with Crippen molar-refractivity contribution in [2.24, 2.45) is 11.8 Å². The molecule has 2 aliphatic rings. The molecule has 2 fully saturated rings. The van der Waals surface area contributed by atoms with Gasteiger partial charge in [0.2, 0.25) is 0 Å². The van der Waals surface area contributed by atoms with Crippen molar-refractivity contribution in [2.75, 3.05) is 11.9 Å². The van der Waals surface area contributed by atoms with Crippen LogP contribution < -0.4 is 5.32 Å². The van der Waals surface area contributed by atoms with Crippen LogP contribution in [0.1, 0.15) is 38.3 Å². The third kappa shape index (κ3) is 3.25. The number of hydrogen-bond acceptors (Lipinski definition) is 3. The summed E-state index contributed by atoms with van der Waals surface area (Å²) in [4.78, 5) is 19.3. The number of aromatic nitrogens is 3. The first-order valence-electron chi connectivity index (χ1n) is 9.21. The summed E-state index contributed by atoms with van der Waals surface area (Å²) in [7, 11) is 0. The van der Waals surface area contributed by atoms with E-state index in [1.54, 1.807) is 17.1 Å². The Morgan fingerprint density at radius 3 is 2.96 bits per heavy atom. The number of urea groups is 1. The molecule has 0 unspecified atom stereocenters. The summed E-state index contributed by atoms with van der Waals surface area (Å²) in [6.45, 7) is 3.68. The molecule has 6 nitrogen and oxygen atoms in total. The predicted octanol–water partition coefficient (Wildman–Crippen LogP) is 3.37. The second kappa shape index (κ2) is 6.86. The number of hydrogen-bond donors (Lipinski definition) is 1. The number of amides is 2. The first kappa shape index (κ1) is 16.1. The van der Waals surface area contributed by atoms with Gasteiger partial charge in [0.25, 0.3) is 0 Å². The van der Waals surface area contributed by atoms with Crippen LogP contribution in [0.25, 0.3) is 0 Å². The number of rotatable bonds is 3. The lowest BCUT2D eigenvalue weighted by molar-refractivity contribution is 0.180. The molecule has 1 aliphatic carbocycles. The molecule has 0 bridgehead atoms. The van der Waals surface area contributed by atoms with Gasteiger partial charge in [-0.25, -0.2) is 9.48 Å². The molecule has 0 spiro atoms. The molecule has 2 aromatic rings. The van der Waals surface area contributed by atoms with Crippen molar-refractivity contribution in [3.05, 3.63) is 42.4 Å². The zero-order valence-corrected chi connectivity index (χ0v) is 14.6. The fourth-order valence-corrected chi connectivity index (χ4v) is 4.40. The van der Waals surface area contributed by atoms with E-state index in [1.807, 2.05) is 29.2 Å². The van der Waals surface area contributed by atoms with Crippen molar-refractivity contribution < 1.29 is 4.79 Å². The smallest absolute Gasteiger partial charge is 0.321 e. The van der Waals surface area contributed by atoms with E-state index >= 15 is 0 Å². The molecule has 1 N–H and O–H groups in total. The van der Waals surface area contributed by atoms with E-state index in [0.717, 1.165) is 24.5 Å². The summed E-state index contributed by atoms with van der Waals surface area (Å²) >= 11 is 0. The first-order valence-corrected chi connectivity index (χ1v) is 9.21. The van der Waals surface area contributed by atoms with Crippen LogP contribution >= 0.6 is 0 Å². The maximum atomic E-state index is 12.9. The molecule has 0 aromatic carbocycles. The third-order valence-corrected chi connectivity index (χ3v) is 5.65. The van der Waals surface area contributed by atoms with E-state index in [4.69, 9.17) is 0 Å². The quantitative estimate of drug-likeness (QED) is 0.932. The Kier molecular flexibility index (Phi) is 4.42. The number of likely N-dealkylation sites (tertiary alicyclic amines) is 1. The van der Waals surface area contributed by atoms with E-state index in [9.17, 15) is 4.79 Å². The van der Waals surface area contributed by atoms with E-state index in [2.05, 4.69) is 22.3 Å². The standard InChI is InChI=1S/C19H25N5O/c1-14-12-23(17-8-3-2-7-16(14)17)19(25)22-18-9-11-21-24(18)13-15-6-4-5-10-20-15/h4-6,9-11,14,16-17H,2-3,7-8,12-13H2,1H3,(H,22,25)/t14-,16-,17-/m1/s1. The minimum Gasteiger partial charge on any atom is -0.321 e. The lowest BCUT2D eigenvalue weighted by Crippen LogP contribution is -2.42. The van der Waals surface area contributed by atoms with Gasteiger partial charge in [-0.2, -0.15) is 5.10 Å². The van der Waals surface area contributed by atoms with Gasteiger partial charge in [-0.05, 0) is 36.8 Å². The number of pyridine rings is 1. The van der Waals surface area contributed by atoms with Crippen LogP contribution in [0, 0.1) is 11.8 Å². The zero-order chi connectivity index (χ0) is 17.2. The molecule has 1 saturated carbocycles. The minimum atomic E-state index is 0.00372. The van der Waals surface area contributed by atoms with Gasteiger partial charge in [0.1, 0.15) is 5.82 Å². The maximum Gasteiger partial charge on any atom is 0.323 e. The molecule has 6 heteroatoms. The average molecular weight is 339 g/mol. The Bertz CT molecular complexity index is 728. The Morgan fingerprint density at radius 1 is 1.24 bits per heavy atom. The Morgan fingerprint density at radius 2 is 2.12 bits per heavy atom. The Balaban J connectivity index is 1.46. The second-order valence-corrected chi connectivity index (χ2v) is 7.27. The van der Waals surface area contributed by atoms with Crippen molar-refractivity contribution in [2.45, 2.75) is 45.2 Å². The molecule has 2 amide bonds. The number of nitrogens with one attached hydrogen (secondary N) is 1. The number of fused-ring (bicyclic) bond motifs is 1. The molecule has 132 valence electrons. The molecule has 2 aromatic heterocycles. The third-order valence-electron chi connectivity index (χ3n) is 5.65. The van der Waals surface area contributed by atoms with Crippen LogP contribution in [0.3, 0.4) is 0 Å². The van der Waals surface area contributed by atoms with Gasteiger partial charge < -0.3 is 4.90 Å². The number of carbonyl (C=O) groups is 1. The van der Waals surface area contributed by atoms with Gasteiger partial charge >= 0.3 is 6.03 Å². The van der Waals surface area contributed by atoms with Gasteiger partial charge in [-0.1, -0.05) is 25.8 Å². The van der Waals surface area contributed by atoms with E-state index < -0.39 is 0 Å². The van der Waals surface area contributed by atoms with E-state index in [1.165, 1.54) is 19.3 Å². The Labute approximate surface area is 148 Å². The molecule has 3 atom stereocenters. The van der Waals surface area contributed by atoms with Crippen LogP contribution in [0.4, 0.5) is 10.6 Å². The van der Waals surface area contributed by atoms with Crippen molar-refractivity contribution in [3.8, 4) is 0 Å². The number of nitrogens with zero attached hydrogens (tertiary/aromatic N) is 4. The molecular formula is C19H25N5O. The highest BCUT2D eigenvalue weighted by Crippen LogP contribution is 2.39. The fourth-order valence-electron chi connectivity index (χ4n) is 4.40. The lowest BCUT2D eigenvalue weighted by atomic mass is 9.80. The topological polar surface area (TPSA) is 63.1 Å². The highest BCUT2D eigenvalue weighted by molar-refractivity contribution is 5.89. The summed E-state index contributed by atoms with van der Waals surface area (Å²) in [6, 6.07) is 8.06. The number of anilines is 1. The second-order valence-electron chi connectivity index (χ2n) is 7.27. The summed E-state index contributed by atoms with van der Waals surface area (Å²) in [5.74, 6) is 1.98. The normalized spacial score (nSPS) is 25.6. The van der Waals surface area contributed by atoms with E-state index in [-0.39, 0.29) is 6.03 Å². The van der Waals surface area contributed by atoms with Crippen LogP contribution in [0.2, 0.25) is 0 Å². The van der Waals surface area contributed by atoms with Gasteiger partial charge in [0.05, 0.1) is 18.4 Å². The predicted molar refractivity (Wildman–Crippen MR) is 96.2 cm³/mol. The molecule has 25 heavy (non-hydrogen) atoms. The highest BCUT2D eigenvalue weighted by Gasteiger charge is 2.42. The summed E-state index contributed by atoms with van der Waals surface area (Å²) in [5.41, 5.74) is 0.920. The largest absolute Gasteiger partial charge is 0.323 e. The van der Waals surface area contributed by atoms with E-state index in [0.29, 0.717) is 24.4 Å². The zero-order valence-electron chi connectivity index (χ0n) is 14.6. The van der Waals surface area contributed by atoms with Crippen molar-refractivity contribution in [1.29, 1.82) is 0 Å². The van der Waals surface area contributed by atoms with Gasteiger partial charge in [-0.15, -0.1) is 0 Å². The molecule has 0 radical (unpaired) electrons. The summed E-state index contributed by atoms with van der Waals surface area (Å²) < 4.78 is 1.79. The Hall–Kier alpha value is -2.37. The average Bonchev–Trinajstić information content (AvgIpc) is 3.21. The first-order chi connectivity index (χ1) is 12.2. The van der Waals surface area contributed by atoms with Crippen LogP contribution in [0.15, 0.2) is 36.7 Å². The number of carbonyl (C=O) groups excluding carboxylic acids is 1. The van der Waals surface area contributed by atoms with Crippen molar-refractivity contribution >= 4 is 11.8 Å². The monoisotopic (exact) mass is 339 g/mol. The lowest BCUT2D eigenvalue weighted by Gasteiger charge is -2.32. The van der Waals surface area contributed by atoms with Crippen molar-refractivity contribution in [1.82, 2.24) is 19.7 Å². The molecular weight excluding hydrogens is 314 g/mol. The molecule has 1 aliphatic heterocycles. The maximum absolute atomic E-state index is 12.9. The highest BCUT2D eigenvalue weighted by atomic mass is 16.2.